The summed E-state index contributed by atoms with van der Waals surface area (Å²) in [5.41, 5.74) is 2.31. The number of carboxylic acid groups (broad SMARTS) is 1. The second-order valence-electron chi connectivity index (χ2n) is 9.20. The first-order chi connectivity index (χ1) is 19.4. The Labute approximate surface area is 227 Å². The van der Waals surface area contributed by atoms with Crippen molar-refractivity contribution in [3.63, 3.8) is 0 Å². The first-order valence-corrected chi connectivity index (χ1v) is 12.7. The number of benzene rings is 3. The lowest BCUT2D eigenvalue weighted by atomic mass is 10.1. The summed E-state index contributed by atoms with van der Waals surface area (Å²) in [4.78, 5) is 41.5. The molecule has 0 aliphatic rings. The second kappa shape index (κ2) is 11.7. The largest absolute Gasteiger partial charge is 0.481 e. The molecule has 0 saturated heterocycles. The molecule has 202 valence electrons. The van der Waals surface area contributed by atoms with Crippen LogP contribution in [-0.2, 0) is 17.8 Å². The van der Waals surface area contributed by atoms with Gasteiger partial charge in [-0.15, -0.1) is 0 Å². The number of fused-ring (bicyclic) bond motifs is 1. The molecule has 2 N–H and O–H groups in total. The van der Waals surface area contributed by atoms with E-state index in [1.807, 2.05) is 6.07 Å². The Kier molecular flexibility index (Phi) is 7.77. The molecule has 2 aromatic heterocycles. The van der Waals surface area contributed by atoms with E-state index in [1.165, 1.54) is 28.8 Å². The highest BCUT2D eigenvalue weighted by Crippen LogP contribution is 2.24. The number of aryl methyl sites for hydroxylation is 1. The molecule has 3 aromatic carbocycles. The number of carboxylic acids is 1. The highest BCUT2D eigenvalue weighted by atomic mass is 19.1. The van der Waals surface area contributed by atoms with Crippen molar-refractivity contribution in [2.45, 2.75) is 32.2 Å². The van der Waals surface area contributed by atoms with Crippen molar-refractivity contribution in [1.82, 2.24) is 20.0 Å². The van der Waals surface area contributed by atoms with E-state index < -0.39 is 11.8 Å². The molecule has 0 fully saturated rings. The van der Waals surface area contributed by atoms with Crippen LogP contribution in [0.25, 0.3) is 27.8 Å². The number of carbonyl (C=O) groups is 2. The molecule has 2 heterocycles. The second-order valence-corrected chi connectivity index (χ2v) is 9.20. The number of aliphatic carboxylic acids is 1. The van der Waals surface area contributed by atoms with Crippen LogP contribution in [0.3, 0.4) is 0 Å². The van der Waals surface area contributed by atoms with E-state index in [0.717, 1.165) is 0 Å². The zero-order valence-electron chi connectivity index (χ0n) is 21.3. The minimum atomic E-state index is -0.890. The average Bonchev–Trinajstić information content (AvgIpc) is 3.44. The van der Waals surface area contributed by atoms with E-state index in [1.54, 1.807) is 48.5 Å². The lowest BCUT2D eigenvalue weighted by Crippen LogP contribution is -2.24. The van der Waals surface area contributed by atoms with Crippen molar-refractivity contribution in [1.29, 1.82) is 0 Å². The normalized spacial score (nSPS) is 11.0. The predicted molar refractivity (Wildman–Crippen MR) is 146 cm³/mol. The van der Waals surface area contributed by atoms with Crippen LogP contribution in [0.5, 0.6) is 0 Å². The quantitative estimate of drug-likeness (QED) is 0.241. The maximum absolute atomic E-state index is 13.6. The molecule has 0 unspecified atom stereocenters. The summed E-state index contributed by atoms with van der Waals surface area (Å²) in [5, 5.41) is 16.2. The van der Waals surface area contributed by atoms with Gasteiger partial charge < -0.3 is 14.9 Å². The maximum atomic E-state index is 13.6. The molecule has 0 bridgehead atoms. The van der Waals surface area contributed by atoms with Crippen LogP contribution in [0.1, 0.15) is 41.2 Å². The topological polar surface area (TPSA) is 127 Å². The number of halogens is 1. The highest BCUT2D eigenvalue weighted by Gasteiger charge is 2.16. The van der Waals surface area contributed by atoms with Crippen molar-refractivity contribution >= 4 is 22.8 Å². The predicted octanol–water partition coefficient (Wildman–Crippen LogP) is 4.91. The van der Waals surface area contributed by atoms with E-state index in [0.29, 0.717) is 64.3 Å². The number of carbonyl (C=O) groups excluding carboxylic acids is 1. The number of hydrogen-bond acceptors (Lipinski definition) is 6. The molecule has 0 aliphatic heterocycles. The molecular weight excluding hydrogens is 515 g/mol. The summed E-state index contributed by atoms with van der Waals surface area (Å²) in [6, 6.07) is 21.2. The van der Waals surface area contributed by atoms with Crippen LogP contribution in [0, 0.1) is 5.82 Å². The molecule has 0 atom stereocenters. The zero-order chi connectivity index (χ0) is 28.1. The molecule has 0 aliphatic carbocycles. The van der Waals surface area contributed by atoms with Crippen LogP contribution in [0.15, 0.2) is 88.2 Å². The Morgan fingerprint density at radius 3 is 2.50 bits per heavy atom. The Balaban J connectivity index is 1.43. The lowest BCUT2D eigenvalue weighted by molar-refractivity contribution is -0.137. The SMILES string of the molecule is O=C(O)CCCCc1nc2cc(-c3cc(CNC(=O)c4ccccc4)on3)ccc2c(=O)n1-c1ccc(F)cc1. The monoisotopic (exact) mass is 540 g/mol. The first kappa shape index (κ1) is 26.5. The molecule has 10 heteroatoms. The van der Waals surface area contributed by atoms with E-state index in [4.69, 9.17) is 14.6 Å². The minimum absolute atomic E-state index is 0.0127. The third kappa shape index (κ3) is 5.96. The van der Waals surface area contributed by atoms with Gasteiger partial charge in [0.15, 0.2) is 5.76 Å². The van der Waals surface area contributed by atoms with E-state index in [9.17, 15) is 18.8 Å². The Hall–Kier alpha value is -5.12. The highest BCUT2D eigenvalue weighted by molar-refractivity contribution is 5.94. The molecule has 0 spiro atoms. The maximum Gasteiger partial charge on any atom is 0.303 e. The van der Waals surface area contributed by atoms with Crippen molar-refractivity contribution in [3.05, 3.63) is 112 Å². The Morgan fingerprint density at radius 1 is 0.975 bits per heavy atom. The number of aromatic nitrogens is 3. The number of unbranched alkanes of at least 4 members (excludes halogenated alkanes) is 1. The summed E-state index contributed by atoms with van der Waals surface area (Å²) in [6.07, 6.45) is 1.30. The summed E-state index contributed by atoms with van der Waals surface area (Å²) >= 11 is 0. The third-order valence-electron chi connectivity index (χ3n) is 6.38. The van der Waals surface area contributed by atoms with Gasteiger partial charge in [-0.1, -0.05) is 29.4 Å². The average molecular weight is 541 g/mol. The van der Waals surface area contributed by atoms with Gasteiger partial charge in [-0.05, 0) is 61.4 Å². The summed E-state index contributed by atoms with van der Waals surface area (Å²) < 4.78 is 20.4. The van der Waals surface area contributed by atoms with Crippen LogP contribution < -0.4 is 10.9 Å². The lowest BCUT2D eigenvalue weighted by Gasteiger charge is -2.14. The Morgan fingerprint density at radius 2 is 1.75 bits per heavy atom. The standard InChI is InChI=1S/C30H25FN4O5/c31-21-11-13-22(14-12-21)35-27(8-4-5-9-28(36)37)33-26-16-20(10-15-24(26)30(35)39)25-17-23(40-34-25)18-32-29(38)19-6-2-1-3-7-19/h1-3,6-7,10-17H,4-5,8-9,18H2,(H,32,38)(H,36,37). The smallest absolute Gasteiger partial charge is 0.303 e. The number of rotatable bonds is 10. The van der Waals surface area contributed by atoms with Gasteiger partial charge in [0.05, 0.1) is 23.1 Å². The van der Waals surface area contributed by atoms with E-state index in [-0.39, 0.29) is 24.4 Å². The van der Waals surface area contributed by atoms with Gasteiger partial charge in [0.2, 0.25) is 0 Å². The van der Waals surface area contributed by atoms with Crippen LogP contribution in [0.2, 0.25) is 0 Å². The molecule has 1 amide bonds. The van der Waals surface area contributed by atoms with Gasteiger partial charge in [0.1, 0.15) is 17.3 Å². The third-order valence-corrected chi connectivity index (χ3v) is 6.38. The summed E-state index contributed by atoms with van der Waals surface area (Å²) in [6.45, 7) is 0.148. The van der Waals surface area contributed by atoms with Crippen molar-refractivity contribution in [3.8, 4) is 16.9 Å². The van der Waals surface area contributed by atoms with E-state index in [2.05, 4.69) is 10.5 Å². The molecule has 0 radical (unpaired) electrons. The number of amides is 1. The van der Waals surface area contributed by atoms with Gasteiger partial charge in [0, 0.05) is 30.0 Å². The Bertz CT molecular complexity index is 1730. The van der Waals surface area contributed by atoms with Crippen LogP contribution >= 0.6 is 0 Å². The first-order valence-electron chi connectivity index (χ1n) is 12.7. The summed E-state index contributed by atoms with van der Waals surface area (Å²) in [5.74, 6) is -0.653. The van der Waals surface area contributed by atoms with Crippen LogP contribution in [-0.4, -0.2) is 31.7 Å². The van der Waals surface area contributed by atoms with Crippen molar-refractivity contribution < 1.29 is 23.6 Å². The van der Waals surface area contributed by atoms with Crippen molar-refractivity contribution in [2.24, 2.45) is 0 Å². The fourth-order valence-corrected chi connectivity index (χ4v) is 4.37. The number of nitrogens with one attached hydrogen (secondary N) is 1. The zero-order valence-corrected chi connectivity index (χ0v) is 21.3. The van der Waals surface area contributed by atoms with Gasteiger partial charge in [0.25, 0.3) is 11.5 Å². The molecule has 5 aromatic rings. The minimum Gasteiger partial charge on any atom is -0.481 e. The molecule has 9 nitrogen and oxygen atoms in total. The molecule has 40 heavy (non-hydrogen) atoms. The number of nitrogens with zero attached hydrogens (tertiary/aromatic N) is 3. The fourth-order valence-electron chi connectivity index (χ4n) is 4.37. The van der Waals surface area contributed by atoms with Gasteiger partial charge in [-0.3, -0.25) is 19.0 Å². The molecular formula is C30H25FN4O5. The molecule has 0 saturated carbocycles. The van der Waals surface area contributed by atoms with Gasteiger partial charge in [-0.2, -0.15) is 0 Å². The fraction of sp³-hybridized carbons (Fsp3) is 0.167. The van der Waals surface area contributed by atoms with Gasteiger partial charge in [-0.25, -0.2) is 9.37 Å². The summed E-state index contributed by atoms with van der Waals surface area (Å²) in [7, 11) is 0. The van der Waals surface area contributed by atoms with Crippen molar-refractivity contribution in [2.75, 3.05) is 0 Å². The van der Waals surface area contributed by atoms with E-state index >= 15 is 0 Å². The molecule has 5 rings (SSSR count). The van der Waals surface area contributed by atoms with Gasteiger partial charge >= 0.3 is 5.97 Å². The number of hydrogen-bond donors (Lipinski definition) is 2. The van der Waals surface area contributed by atoms with Crippen LogP contribution in [0.4, 0.5) is 4.39 Å².